The molecular weight excluding hydrogens is 765 g/mol. The Morgan fingerprint density at radius 3 is 2.05 bits per heavy atom. The number of benzene rings is 8. The van der Waals surface area contributed by atoms with Crippen LogP contribution in [0.15, 0.2) is 211 Å². The van der Waals surface area contributed by atoms with E-state index in [1.54, 1.807) is 0 Å². The first-order chi connectivity index (χ1) is 30.8. The summed E-state index contributed by atoms with van der Waals surface area (Å²) in [6.45, 7) is 17.1. The molecule has 0 N–H and O–H groups in total. The van der Waals surface area contributed by atoms with Crippen LogP contribution in [-0.4, -0.2) is 4.57 Å². The Labute approximate surface area is 369 Å². The molecule has 10 rings (SSSR count). The minimum absolute atomic E-state index is 0.924. The summed E-state index contributed by atoms with van der Waals surface area (Å²) in [5.41, 5.74) is 15.3. The van der Waals surface area contributed by atoms with Crippen molar-refractivity contribution in [3.05, 3.63) is 235 Å². The van der Waals surface area contributed by atoms with Crippen LogP contribution in [0.5, 0.6) is 0 Å². The van der Waals surface area contributed by atoms with Gasteiger partial charge in [-0.1, -0.05) is 147 Å². The topological polar surface area (TPSA) is 21.3 Å². The van der Waals surface area contributed by atoms with Crippen molar-refractivity contribution in [2.24, 2.45) is 0 Å². The molecule has 3 heteroatoms. The highest BCUT2D eigenvalue weighted by Gasteiger charge is 2.19. The number of furan rings is 1. The standard InChI is InChI=1S/C60H48N2O/c1-7-9-20-50-41(5)49-21-13-14-22-53(49)54-35-34-48(38-56(50)54)61(47-32-28-43(29-33-47)52-25-17-24-51-40(4)42(6)63-60(51)52)45(8-2)31-27-39(3)44-30-36-59-57(37-44)55-23-15-16-26-58(55)62(59)46-18-11-10-12-19-46/h7-38H,1,3H2,2,4-6H3/b20-9-,31-27-,45-8+. The third-order valence-corrected chi connectivity index (χ3v) is 12.7. The van der Waals surface area contributed by atoms with E-state index in [1.165, 1.54) is 60.0 Å². The molecule has 3 nitrogen and oxygen atoms in total. The summed E-state index contributed by atoms with van der Waals surface area (Å²) in [6.07, 6.45) is 12.6. The van der Waals surface area contributed by atoms with Gasteiger partial charge in [-0.25, -0.2) is 0 Å². The molecule has 0 radical (unpaired) electrons. The van der Waals surface area contributed by atoms with E-state index in [4.69, 9.17) is 4.42 Å². The number of nitrogens with zero attached hydrogens (tertiary/aromatic N) is 2. The van der Waals surface area contributed by atoms with Crippen molar-refractivity contribution in [3.8, 4) is 16.8 Å². The molecule has 0 spiro atoms. The van der Waals surface area contributed by atoms with Gasteiger partial charge < -0.3 is 13.9 Å². The predicted octanol–water partition coefficient (Wildman–Crippen LogP) is 16.9. The molecule has 0 fully saturated rings. The van der Waals surface area contributed by atoms with Crippen LogP contribution >= 0.6 is 0 Å². The van der Waals surface area contributed by atoms with Gasteiger partial charge in [-0.05, 0) is 143 Å². The third-order valence-electron chi connectivity index (χ3n) is 12.7. The minimum Gasteiger partial charge on any atom is -0.460 e. The van der Waals surface area contributed by atoms with Crippen LogP contribution in [0.4, 0.5) is 11.4 Å². The van der Waals surface area contributed by atoms with Crippen molar-refractivity contribution >= 4 is 77.3 Å². The van der Waals surface area contributed by atoms with E-state index in [9.17, 15) is 0 Å². The van der Waals surface area contributed by atoms with Crippen molar-refractivity contribution in [2.75, 3.05) is 4.90 Å². The molecule has 2 heterocycles. The van der Waals surface area contributed by atoms with Gasteiger partial charge >= 0.3 is 0 Å². The fourth-order valence-electron chi connectivity index (χ4n) is 9.34. The second kappa shape index (κ2) is 16.2. The highest BCUT2D eigenvalue weighted by molar-refractivity contribution is 6.14. The monoisotopic (exact) mass is 812 g/mol. The second-order valence-corrected chi connectivity index (χ2v) is 16.2. The predicted molar refractivity (Wildman–Crippen MR) is 271 cm³/mol. The number of aryl methyl sites for hydroxylation is 3. The molecule has 8 aromatic carbocycles. The lowest BCUT2D eigenvalue weighted by Gasteiger charge is -2.27. The molecule has 0 aliphatic heterocycles. The average molecular weight is 813 g/mol. The SMILES string of the molecule is C=C/C=C\c1c(C)c2ccccc2c2ccc(N(C(/C=C\C(=C)c3ccc4c(c3)c3ccccc3n4-c3ccccc3)=C/C)c3ccc(-c4cccc5c(C)c(C)oc45)cc3)cc12. The highest BCUT2D eigenvalue weighted by Crippen LogP contribution is 2.41. The van der Waals surface area contributed by atoms with Crippen LogP contribution in [0.1, 0.15) is 34.9 Å². The van der Waals surface area contributed by atoms with Gasteiger partial charge in [0.25, 0.3) is 0 Å². The van der Waals surface area contributed by atoms with Gasteiger partial charge in [0.05, 0.1) is 11.0 Å². The average Bonchev–Trinajstić information content (AvgIpc) is 3.82. The quantitative estimate of drug-likeness (QED) is 0.101. The molecule has 0 aliphatic carbocycles. The van der Waals surface area contributed by atoms with Crippen LogP contribution in [0.3, 0.4) is 0 Å². The minimum atomic E-state index is 0.924. The number of allylic oxidation sites excluding steroid dienone is 6. The summed E-state index contributed by atoms with van der Waals surface area (Å²) in [5.74, 6) is 0.951. The first kappa shape index (κ1) is 39.3. The number of anilines is 2. The Hall–Kier alpha value is -7.88. The Morgan fingerprint density at radius 2 is 1.27 bits per heavy atom. The van der Waals surface area contributed by atoms with Crippen molar-refractivity contribution in [2.45, 2.75) is 27.7 Å². The molecular formula is C60H48N2O. The summed E-state index contributed by atoms with van der Waals surface area (Å²) in [5, 5.41) is 8.46. The van der Waals surface area contributed by atoms with Gasteiger partial charge in [-0.15, -0.1) is 0 Å². The van der Waals surface area contributed by atoms with E-state index in [0.29, 0.717) is 0 Å². The summed E-state index contributed by atoms with van der Waals surface area (Å²) in [7, 11) is 0. The number of rotatable bonds is 10. The number of hydrogen-bond donors (Lipinski definition) is 0. The number of para-hydroxylation sites is 3. The Balaban J connectivity index is 1.09. The Morgan fingerprint density at radius 1 is 0.587 bits per heavy atom. The number of hydrogen-bond acceptors (Lipinski definition) is 2. The zero-order chi connectivity index (χ0) is 43.2. The Bertz CT molecular complexity index is 3520. The maximum Gasteiger partial charge on any atom is 0.142 e. The van der Waals surface area contributed by atoms with E-state index >= 15 is 0 Å². The molecule has 63 heavy (non-hydrogen) atoms. The van der Waals surface area contributed by atoms with Gasteiger partial charge in [-0.2, -0.15) is 0 Å². The Kier molecular flexibility index (Phi) is 10.1. The van der Waals surface area contributed by atoms with Gasteiger partial charge in [0.15, 0.2) is 0 Å². The molecule has 304 valence electrons. The maximum atomic E-state index is 6.31. The number of aromatic nitrogens is 1. The van der Waals surface area contributed by atoms with Crippen LogP contribution in [-0.2, 0) is 0 Å². The van der Waals surface area contributed by atoms with Crippen molar-refractivity contribution in [3.63, 3.8) is 0 Å². The van der Waals surface area contributed by atoms with E-state index in [-0.39, 0.29) is 0 Å². The summed E-state index contributed by atoms with van der Waals surface area (Å²) in [6, 6.07) is 56.7. The van der Waals surface area contributed by atoms with Crippen molar-refractivity contribution < 1.29 is 4.42 Å². The maximum absolute atomic E-state index is 6.31. The van der Waals surface area contributed by atoms with E-state index in [1.807, 2.05) is 19.1 Å². The van der Waals surface area contributed by atoms with Gasteiger partial charge in [-0.3, -0.25) is 0 Å². The van der Waals surface area contributed by atoms with Crippen LogP contribution in [0.25, 0.3) is 82.8 Å². The molecule has 0 amide bonds. The number of fused-ring (bicyclic) bond motifs is 7. The van der Waals surface area contributed by atoms with Crippen molar-refractivity contribution in [1.82, 2.24) is 4.57 Å². The fraction of sp³-hybridized carbons (Fsp3) is 0.0667. The van der Waals surface area contributed by atoms with E-state index in [2.05, 4.69) is 225 Å². The zero-order valence-corrected chi connectivity index (χ0v) is 36.2. The summed E-state index contributed by atoms with van der Waals surface area (Å²) in [4.78, 5) is 2.34. The van der Waals surface area contributed by atoms with Crippen molar-refractivity contribution in [1.29, 1.82) is 0 Å². The summed E-state index contributed by atoms with van der Waals surface area (Å²) >= 11 is 0. The molecule has 0 bridgehead atoms. The van der Waals surface area contributed by atoms with Crippen LogP contribution in [0.2, 0.25) is 0 Å². The molecule has 0 atom stereocenters. The molecule has 0 saturated carbocycles. The molecule has 0 aliphatic rings. The first-order valence-electron chi connectivity index (χ1n) is 21.6. The molecule has 10 aromatic rings. The zero-order valence-electron chi connectivity index (χ0n) is 36.2. The van der Waals surface area contributed by atoms with E-state index in [0.717, 1.165) is 61.8 Å². The van der Waals surface area contributed by atoms with Crippen LogP contribution in [0, 0.1) is 20.8 Å². The summed E-state index contributed by atoms with van der Waals surface area (Å²) < 4.78 is 8.66. The van der Waals surface area contributed by atoms with Crippen LogP contribution < -0.4 is 4.90 Å². The fourth-order valence-corrected chi connectivity index (χ4v) is 9.34. The highest BCUT2D eigenvalue weighted by atomic mass is 16.3. The lowest BCUT2D eigenvalue weighted by molar-refractivity contribution is 0.576. The molecule has 2 aromatic heterocycles. The van der Waals surface area contributed by atoms with Gasteiger partial charge in [0, 0.05) is 44.5 Å². The van der Waals surface area contributed by atoms with Gasteiger partial charge in [0.2, 0.25) is 0 Å². The normalized spacial score (nSPS) is 12.2. The second-order valence-electron chi connectivity index (χ2n) is 16.2. The third kappa shape index (κ3) is 6.79. The lowest BCUT2D eigenvalue weighted by atomic mass is 9.91. The largest absolute Gasteiger partial charge is 0.460 e. The molecule has 0 unspecified atom stereocenters. The molecule has 0 saturated heterocycles. The van der Waals surface area contributed by atoms with E-state index < -0.39 is 0 Å². The van der Waals surface area contributed by atoms with Gasteiger partial charge in [0.1, 0.15) is 11.3 Å². The first-order valence-corrected chi connectivity index (χ1v) is 21.6. The lowest BCUT2D eigenvalue weighted by Crippen LogP contribution is -2.15. The smallest absolute Gasteiger partial charge is 0.142 e.